The first-order chi connectivity index (χ1) is 12.3. The number of rotatable bonds is 5. The van der Waals surface area contributed by atoms with E-state index in [0.29, 0.717) is 22.5 Å². The van der Waals surface area contributed by atoms with Crippen LogP contribution in [0, 0.1) is 17.0 Å². The molecule has 0 aromatic heterocycles. The summed E-state index contributed by atoms with van der Waals surface area (Å²) in [7, 11) is 4.75. The van der Waals surface area contributed by atoms with Crippen LogP contribution >= 0.6 is 0 Å². The number of carbonyl (C=O) groups excluding carboxylic acids is 2. The summed E-state index contributed by atoms with van der Waals surface area (Å²) in [5, 5.41) is 13.7. The Bertz CT molecular complexity index is 877. The van der Waals surface area contributed by atoms with Crippen LogP contribution in [0.5, 0.6) is 0 Å². The lowest BCUT2D eigenvalue weighted by molar-refractivity contribution is -0.384. The van der Waals surface area contributed by atoms with E-state index < -0.39 is 16.8 Å². The quantitative estimate of drug-likeness (QED) is 0.501. The van der Waals surface area contributed by atoms with E-state index in [9.17, 15) is 19.7 Å². The van der Waals surface area contributed by atoms with Crippen LogP contribution in [0.3, 0.4) is 0 Å². The molecule has 0 unspecified atom stereocenters. The minimum atomic E-state index is -0.556. The maximum absolute atomic E-state index is 12.7. The fourth-order valence-electron chi connectivity index (χ4n) is 2.50. The number of nitrogens with zero attached hydrogens (tertiary/aromatic N) is 2. The number of benzene rings is 2. The maximum atomic E-state index is 12.7. The highest BCUT2D eigenvalue weighted by Crippen LogP contribution is 2.26. The molecule has 26 heavy (non-hydrogen) atoms. The van der Waals surface area contributed by atoms with Crippen molar-refractivity contribution >= 4 is 28.9 Å². The Balaban J connectivity index is 2.43. The average Bonchev–Trinajstić information content (AvgIpc) is 2.62. The van der Waals surface area contributed by atoms with Crippen molar-refractivity contribution in [2.24, 2.45) is 0 Å². The zero-order valence-corrected chi connectivity index (χ0v) is 14.9. The van der Waals surface area contributed by atoms with Crippen molar-refractivity contribution in [2.75, 3.05) is 31.4 Å². The van der Waals surface area contributed by atoms with Crippen molar-refractivity contribution in [2.45, 2.75) is 6.92 Å². The van der Waals surface area contributed by atoms with Crippen molar-refractivity contribution in [3.8, 4) is 0 Å². The SMILES string of the molecule is COC(=O)c1cccc(NC(=O)c2cc([N+](=O)[O-])ccc2N(C)C)c1C. The number of carbonyl (C=O) groups is 2. The van der Waals surface area contributed by atoms with E-state index in [2.05, 4.69) is 5.32 Å². The molecular weight excluding hydrogens is 338 g/mol. The number of nitrogens with one attached hydrogen (secondary N) is 1. The predicted octanol–water partition coefficient (Wildman–Crippen LogP) is 3.01. The first kappa shape index (κ1) is 18.9. The van der Waals surface area contributed by atoms with Gasteiger partial charge in [0.2, 0.25) is 0 Å². The molecule has 136 valence electrons. The molecule has 0 aliphatic rings. The number of anilines is 2. The Morgan fingerprint density at radius 2 is 1.85 bits per heavy atom. The van der Waals surface area contributed by atoms with Gasteiger partial charge in [0.1, 0.15) is 0 Å². The topological polar surface area (TPSA) is 102 Å². The number of amides is 1. The molecule has 0 aliphatic carbocycles. The minimum Gasteiger partial charge on any atom is -0.465 e. The zero-order valence-electron chi connectivity index (χ0n) is 14.9. The van der Waals surface area contributed by atoms with Crippen LogP contribution in [0.15, 0.2) is 36.4 Å². The summed E-state index contributed by atoms with van der Waals surface area (Å²) in [4.78, 5) is 36.7. The third-order valence-corrected chi connectivity index (χ3v) is 3.90. The van der Waals surface area contributed by atoms with E-state index in [1.165, 1.54) is 25.3 Å². The smallest absolute Gasteiger partial charge is 0.338 e. The molecular formula is C18H19N3O5. The Morgan fingerprint density at radius 3 is 2.42 bits per heavy atom. The molecule has 8 nitrogen and oxygen atoms in total. The molecule has 0 aliphatic heterocycles. The van der Waals surface area contributed by atoms with Crippen molar-refractivity contribution in [3.63, 3.8) is 0 Å². The third-order valence-electron chi connectivity index (χ3n) is 3.90. The molecule has 0 bridgehead atoms. The van der Waals surface area contributed by atoms with Gasteiger partial charge < -0.3 is 15.0 Å². The maximum Gasteiger partial charge on any atom is 0.338 e. The molecule has 0 saturated heterocycles. The van der Waals surface area contributed by atoms with E-state index in [1.54, 1.807) is 44.1 Å². The van der Waals surface area contributed by atoms with Gasteiger partial charge in [-0.1, -0.05) is 6.07 Å². The number of nitro groups is 1. The highest BCUT2D eigenvalue weighted by atomic mass is 16.6. The Hall–Kier alpha value is -3.42. The van der Waals surface area contributed by atoms with Gasteiger partial charge in [-0.25, -0.2) is 4.79 Å². The first-order valence-corrected chi connectivity index (χ1v) is 7.71. The highest BCUT2D eigenvalue weighted by Gasteiger charge is 2.20. The van der Waals surface area contributed by atoms with Gasteiger partial charge in [0.05, 0.1) is 23.2 Å². The van der Waals surface area contributed by atoms with Crippen molar-refractivity contribution < 1.29 is 19.2 Å². The Labute approximate surface area is 150 Å². The summed E-state index contributed by atoms with van der Waals surface area (Å²) in [5.41, 5.74) is 1.82. The van der Waals surface area contributed by atoms with Gasteiger partial charge in [-0.2, -0.15) is 0 Å². The van der Waals surface area contributed by atoms with E-state index in [4.69, 9.17) is 4.74 Å². The number of esters is 1. The largest absolute Gasteiger partial charge is 0.465 e. The van der Waals surface area contributed by atoms with Gasteiger partial charge in [-0.15, -0.1) is 0 Å². The van der Waals surface area contributed by atoms with Crippen LogP contribution < -0.4 is 10.2 Å². The second-order valence-electron chi connectivity index (χ2n) is 5.78. The fraction of sp³-hybridized carbons (Fsp3) is 0.222. The van der Waals surface area contributed by atoms with Crippen molar-refractivity contribution in [1.82, 2.24) is 0 Å². The summed E-state index contributed by atoms with van der Waals surface area (Å²) in [6, 6.07) is 8.95. The molecule has 2 aromatic carbocycles. The van der Waals surface area contributed by atoms with Crippen LogP contribution in [-0.2, 0) is 4.74 Å². The normalized spacial score (nSPS) is 10.2. The van der Waals surface area contributed by atoms with E-state index in [-0.39, 0.29) is 11.3 Å². The standard InChI is InChI=1S/C18H19N3O5/c1-11-13(18(23)26-4)6-5-7-15(11)19-17(22)14-10-12(21(24)25)8-9-16(14)20(2)3/h5-10H,1-4H3,(H,19,22). The predicted molar refractivity (Wildman–Crippen MR) is 97.9 cm³/mol. The third kappa shape index (κ3) is 3.80. The number of non-ortho nitro benzene ring substituents is 1. The van der Waals surface area contributed by atoms with Crippen LogP contribution in [0.4, 0.5) is 17.1 Å². The van der Waals surface area contributed by atoms with Crippen LogP contribution in [0.1, 0.15) is 26.3 Å². The average molecular weight is 357 g/mol. The van der Waals surface area contributed by atoms with Crippen LogP contribution in [-0.4, -0.2) is 38.0 Å². The summed E-state index contributed by atoms with van der Waals surface area (Å²) in [6.45, 7) is 1.68. The number of nitro benzene ring substituents is 1. The monoisotopic (exact) mass is 357 g/mol. The number of hydrogen-bond acceptors (Lipinski definition) is 6. The lowest BCUT2D eigenvalue weighted by Gasteiger charge is -2.18. The van der Waals surface area contributed by atoms with Gasteiger partial charge in [0.15, 0.2) is 0 Å². The number of methoxy groups -OCH3 is 1. The van der Waals surface area contributed by atoms with Gasteiger partial charge in [0, 0.05) is 37.6 Å². The second kappa shape index (κ2) is 7.64. The molecule has 1 N–H and O–H groups in total. The van der Waals surface area contributed by atoms with Crippen LogP contribution in [0.2, 0.25) is 0 Å². The molecule has 0 radical (unpaired) electrons. The molecule has 2 rings (SSSR count). The fourth-order valence-corrected chi connectivity index (χ4v) is 2.50. The molecule has 0 heterocycles. The van der Waals surface area contributed by atoms with E-state index in [0.717, 1.165) is 0 Å². The molecule has 0 atom stereocenters. The van der Waals surface area contributed by atoms with Crippen molar-refractivity contribution in [1.29, 1.82) is 0 Å². The zero-order chi connectivity index (χ0) is 19.4. The van der Waals surface area contributed by atoms with Gasteiger partial charge >= 0.3 is 5.97 Å². The highest BCUT2D eigenvalue weighted by molar-refractivity contribution is 6.09. The molecule has 1 amide bonds. The lowest BCUT2D eigenvalue weighted by atomic mass is 10.1. The van der Waals surface area contributed by atoms with E-state index in [1.807, 2.05) is 0 Å². The molecule has 0 fully saturated rings. The van der Waals surface area contributed by atoms with Crippen molar-refractivity contribution in [3.05, 3.63) is 63.2 Å². The molecule has 8 heteroatoms. The Morgan fingerprint density at radius 1 is 1.15 bits per heavy atom. The van der Waals surface area contributed by atoms with Gasteiger partial charge in [-0.3, -0.25) is 14.9 Å². The summed E-state index contributed by atoms with van der Waals surface area (Å²) >= 11 is 0. The molecule has 0 spiro atoms. The lowest BCUT2D eigenvalue weighted by Crippen LogP contribution is -2.19. The van der Waals surface area contributed by atoms with Gasteiger partial charge in [-0.05, 0) is 30.7 Å². The molecule has 0 saturated carbocycles. The summed E-state index contributed by atoms with van der Waals surface area (Å²) in [5.74, 6) is -1.02. The summed E-state index contributed by atoms with van der Waals surface area (Å²) < 4.78 is 4.72. The van der Waals surface area contributed by atoms with Crippen LogP contribution in [0.25, 0.3) is 0 Å². The van der Waals surface area contributed by atoms with Gasteiger partial charge in [0.25, 0.3) is 11.6 Å². The molecule has 2 aromatic rings. The number of ether oxygens (including phenoxy) is 1. The minimum absolute atomic E-state index is 0.159. The second-order valence-corrected chi connectivity index (χ2v) is 5.78. The Kier molecular flexibility index (Phi) is 5.56. The summed E-state index contributed by atoms with van der Waals surface area (Å²) in [6.07, 6.45) is 0. The number of hydrogen-bond donors (Lipinski definition) is 1. The first-order valence-electron chi connectivity index (χ1n) is 7.71. The van der Waals surface area contributed by atoms with E-state index >= 15 is 0 Å².